The van der Waals surface area contributed by atoms with Crippen LogP contribution in [0.1, 0.15) is 12.6 Å². The van der Waals surface area contributed by atoms with E-state index in [1.807, 2.05) is 24.0 Å². The molecule has 30 heavy (non-hydrogen) atoms. The van der Waals surface area contributed by atoms with Crippen molar-refractivity contribution in [3.05, 3.63) is 23.9 Å². The van der Waals surface area contributed by atoms with Crippen LogP contribution in [0.4, 0.5) is 5.69 Å². The average Bonchev–Trinajstić information content (AvgIpc) is 3.35. The number of rotatable bonds is 2. The lowest BCUT2D eigenvalue weighted by molar-refractivity contribution is -0.149. The van der Waals surface area contributed by atoms with Crippen LogP contribution in [0.15, 0.2) is 18.2 Å². The number of hydrogen-bond acceptors (Lipinski definition) is 7. The van der Waals surface area contributed by atoms with Gasteiger partial charge in [-0.05, 0) is 19.1 Å². The summed E-state index contributed by atoms with van der Waals surface area (Å²) in [5.41, 5.74) is 2.44. The molecule has 0 aliphatic carbocycles. The fraction of sp³-hybridized carbons (Fsp3) is 0.545. The summed E-state index contributed by atoms with van der Waals surface area (Å²) in [6, 6.07) is 6.03. The summed E-state index contributed by atoms with van der Waals surface area (Å²) in [6.07, 6.45) is -0.0930. The summed E-state index contributed by atoms with van der Waals surface area (Å²) in [6.45, 7) is 6.50. The molecule has 0 unspecified atom stereocenters. The summed E-state index contributed by atoms with van der Waals surface area (Å²) in [7, 11) is 0. The predicted octanol–water partition coefficient (Wildman–Crippen LogP) is 1.32. The fourth-order valence-corrected chi connectivity index (χ4v) is 5.85. The van der Waals surface area contributed by atoms with Crippen LogP contribution in [0, 0.1) is 18.8 Å². The van der Waals surface area contributed by atoms with Crippen molar-refractivity contribution in [2.24, 2.45) is 11.8 Å². The van der Waals surface area contributed by atoms with Gasteiger partial charge in [-0.15, -0.1) is 0 Å². The van der Waals surface area contributed by atoms with Crippen LogP contribution in [-0.4, -0.2) is 72.2 Å². The van der Waals surface area contributed by atoms with Crippen molar-refractivity contribution in [3.63, 3.8) is 0 Å². The number of aliphatic hydroxyl groups excluding tert-OH is 1. The summed E-state index contributed by atoms with van der Waals surface area (Å²) in [5.74, 6) is 1.73. The lowest BCUT2D eigenvalue weighted by Crippen LogP contribution is -2.55. The molecule has 0 saturated carbocycles. The molecular weight excluding hydrogens is 386 g/mol. The topological polar surface area (TPSA) is 84.4 Å². The lowest BCUT2D eigenvalue weighted by Gasteiger charge is -2.40. The first-order valence-corrected chi connectivity index (χ1v) is 10.5. The number of nitrogens with zero attached hydrogens (tertiary/aromatic N) is 3. The van der Waals surface area contributed by atoms with Crippen molar-refractivity contribution >= 4 is 22.5 Å². The number of anilines is 1. The molecule has 1 spiro atoms. The second-order valence-electron chi connectivity index (χ2n) is 8.96. The largest absolute Gasteiger partial charge is 0.454 e. The summed E-state index contributed by atoms with van der Waals surface area (Å²) < 4.78 is 17.6. The highest BCUT2D eigenvalue weighted by Crippen LogP contribution is 2.51. The lowest BCUT2D eigenvalue weighted by atomic mass is 9.83. The molecule has 1 amide bonds. The number of pyridine rings is 1. The number of benzene rings is 1. The number of likely N-dealkylation sites (tertiary alicyclic amines) is 1. The van der Waals surface area contributed by atoms with Gasteiger partial charge in [-0.1, -0.05) is 0 Å². The maximum Gasteiger partial charge on any atom is 0.231 e. The first-order valence-electron chi connectivity index (χ1n) is 10.5. The molecule has 1 aromatic heterocycles. The maximum absolute atomic E-state index is 12.1. The van der Waals surface area contributed by atoms with Gasteiger partial charge < -0.3 is 29.1 Å². The quantitative estimate of drug-likeness (QED) is 0.798. The third-order valence-electron chi connectivity index (χ3n) is 7.20. The van der Waals surface area contributed by atoms with E-state index in [0.717, 1.165) is 40.3 Å². The summed E-state index contributed by atoms with van der Waals surface area (Å²) in [5, 5.41) is 11.1. The Bertz CT molecular complexity index is 1060. The van der Waals surface area contributed by atoms with E-state index in [0.29, 0.717) is 19.6 Å². The SMILES string of the molecule is CC(=O)N1C[C@H]2O[C@]3(C1)CN(c1cc(C)nc4cc5c(cc14)OCO5)C[C@@H]3[C@@H]2CO. The van der Waals surface area contributed by atoms with Crippen LogP contribution < -0.4 is 14.4 Å². The highest BCUT2D eigenvalue weighted by atomic mass is 16.7. The number of fused-ring (bicyclic) bond motifs is 3. The van der Waals surface area contributed by atoms with Crippen LogP contribution in [-0.2, 0) is 9.53 Å². The van der Waals surface area contributed by atoms with E-state index in [-0.39, 0.29) is 37.2 Å². The highest BCUT2D eigenvalue weighted by molar-refractivity contribution is 5.94. The molecule has 8 nitrogen and oxygen atoms in total. The number of amides is 1. The third kappa shape index (κ3) is 2.46. The average molecular weight is 411 g/mol. The molecule has 1 aromatic carbocycles. The monoisotopic (exact) mass is 411 g/mol. The molecule has 3 saturated heterocycles. The van der Waals surface area contributed by atoms with Crippen LogP contribution in [0.25, 0.3) is 10.9 Å². The highest BCUT2D eigenvalue weighted by Gasteiger charge is 2.62. The molecule has 5 heterocycles. The number of aryl methyl sites for hydroxylation is 1. The number of aliphatic hydroxyl groups is 1. The van der Waals surface area contributed by atoms with Crippen molar-refractivity contribution in [2.45, 2.75) is 25.6 Å². The van der Waals surface area contributed by atoms with Gasteiger partial charge in [-0.2, -0.15) is 0 Å². The molecule has 0 radical (unpaired) electrons. The maximum atomic E-state index is 12.1. The van der Waals surface area contributed by atoms with E-state index in [2.05, 4.69) is 11.0 Å². The third-order valence-corrected chi connectivity index (χ3v) is 7.20. The van der Waals surface area contributed by atoms with Crippen molar-refractivity contribution in [1.29, 1.82) is 0 Å². The van der Waals surface area contributed by atoms with Gasteiger partial charge >= 0.3 is 0 Å². The van der Waals surface area contributed by atoms with Gasteiger partial charge in [0.05, 0.1) is 18.2 Å². The van der Waals surface area contributed by atoms with Crippen LogP contribution in [0.3, 0.4) is 0 Å². The first-order chi connectivity index (χ1) is 14.5. The minimum Gasteiger partial charge on any atom is -0.454 e. The second kappa shape index (κ2) is 6.21. The van der Waals surface area contributed by atoms with Crippen LogP contribution >= 0.6 is 0 Å². The number of morpholine rings is 1. The number of carbonyl (C=O) groups is 1. The standard InChI is InChI=1S/C22H25N3O5/c1-12-3-18(14-4-19-20(29-11-28-19)5-17(14)23-12)25-6-16-15(8-26)21-7-24(13(2)27)9-22(16,10-25)30-21/h3-5,15-16,21,26H,6-11H2,1-2H3/t15-,16+,21+,22+/m0/s1. The molecule has 158 valence electrons. The summed E-state index contributed by atoms with van der Waals surface area (Å²) in [4.78, 5) is 21.0. The number of carbonyl (C=O) groups excluding carboxylic acids is 1. The minimum atomic E-state index is -0.443. The van der Waals surface area contributed by atoms with Gasteiger partial charge in [-0.25, -0.2) is 0 Å². The second-order valence-corrected chi connectivity index (χ2v) is 8.96. The van der Waals surface area contributed by atoms with Crippen LogP contribution in [0.5, 0.6) is 11.5 Å². The zero-order chi connectivity index (χ0) is 20.6. The van der Waals surface area contributed by atoms with Gasteiger partial charge in [-0.3, -0.25) is 9.78 Å². The molecule has 4 aliphatic heterocycles. The summed E-state index contributed by atoms with van der Waals surface area (Å²) >= 11 is 0. The number of aromatic nitrogens is 1. The molecule has 6 rings (SSSR count). The predicted molar refractivity (Wildman–Crippen MR) is 109 cm³/mol. The van der Waals surface area contributed by atoms with E-state index in [1.54, 1.807) is 6.92 Å². The molecule has 2 bridgehead atoms. The van der Waals surface area contributed by atoms with E-state index in [1.165, 1.54) is 0 Å². The zero-order valence-electron chi connectivity index (χ0n) is 17.1. The normalized spacial score (nSPS) is 31.5. The number of ether oxygens (including phenoxy) is 3. The Morgan fingerprint density at radius 2 is 2.03 bits per heavy atom. The zero-order valence-corrected chi connectivity index (χ0v) is 17.1. The molecule has 3 fully saturated rings. The van der Waals surface area contributed by atoms with E-state index in [9.17, 15) is 9.90 Å². The van der Waals surface area contributed by atoms with Gasteiger partial charge in [0.1, 0.15) is 5.60 Å². The number of hydrogen-bond donors (Lipinski definition) is 1. The Morgan fingerprint density at radius 3 is 2.80 bits per heavy atom. The Hall–Kier alpha value is -2.58. The van der Waals surface area contributed by atoms with Gasteiger partial charge in [0, 0.05) is 67.8 Å². The van der Waals surface area contributed by atoms with Crippen molar-refractivity contribution in [1.82, 2.24) is 9.88 Å². The molecule has 4 aliphatic rings. The van der Waals surface area contributed by atoms with Crippen molar-refractivity contribution in [2.75, 3.05) is 44.5 Å². The Morgan fingerprint density at radius 1 is 1.23 bits per heavy atom. The molecule has 8 heteroatoms. The smallest absolute Gasteiger partial charge is 0.231 e. The van der Waals surface area contributed by atoms with E-state index in [4.69, 9.17) is 19.2 Å². The molecule has 4 atom stereocenters. The van der Waals surface area contributed by atoms with Gasteiger partial charge in [0.2, 0.25) is 12.7 Å². The first kappa shape index (κ1) is 18.2. The van der Waals surface area contributed by atoms with E-state index >= 15 is 0 Å². The van der Waals surface area contributed by atoms with Crippen molar-refractivity contribution in [3.8, 4) is 11.5 Å². The Labute approximate surface area is 174 Å². The Kier molecular flexibility index (Phi) is 3.77. The molecule has 1 N–H and O–H groups in total. The molecule has 2 aromatic rings. The van der Waals surface area contributed by atoms with Crippen LogP contribution in [0.2, 0.25) is 0 Å². The van der Waals surface area contributed by atoms with Crippen molar-refractivity contribution < 1.29 is 24.1 Å². The van der Waals surface area contributed by atoms with Gasteiger partial charge in [0.25, 0.3) is 0 Å². The fourth-order valence-electron chi connectivity index (χ4n) is 5.85. The van der Waals surface area contributed by atoms with Gasteiger partial charge in [0.15, 0.2) is 11.5 Å². The Balaban J connectivity index is 1.42. The molecular formula is C22H25N3O5. The van der Waals surface area contributed by atoms with E-state index < -0.39 is 5.60 Å². The minimum absolute atomic E-state index is 0.0366.